The molecular formula is C15H19N3O2. The monoisotopic (exact) mass is 273 g/mol. The topological polar surface area (TPSA) is 62.3 Å². The van der Waals surface area contributed by atoms with E-state index in [1.165, 1.54) is 0 Å². The second-order valence-electron chi connectivity index (χ2n) is 5.09. The van der Waals surface area contributed by atoms with E-state index in [1.807, 2.05) is 29.8 Å². The molecule has 1 aliphatic rings. The molecule has 0 aliphatic carbocycles. The summed E-state index contributed by atoms with van der Waals surface area (Å²) in [6, 6.07) is 6.07. The molecule has 2 aromatic rings. The SMILES string of the molecule is Cc1cnn(C(C)c2ccc3c(c2)OCCCO3)c1N. The molecule has 0 fully saturated rings. The lowest BCUT2D eigenvalue weighted by Gasteiger charge is -2.16. The van der Waals surface area contributed by atoms with Crippen LogP contribution in [0.3, 0.4) is 0 Å². The van der Waals surface area contributed by atoms with Crippen LogP contribution in [0.5, 0.6) is 11.5 Å². The van der Waals surface area contributed by atoms with Gasteiger partial charge < -0.3 is 15.2 Å². The Labute approximate surface area is 118 Å². The minimum Gasteiger partial charge on any atom is -0.490 e. The van der Waals surface area contributed by atoms with Gasteiger partial charge in [-0.15, -0.1) is 0 Å². The van der Waals surface area contributed by atoms with Crippen molar-refractivity contribution < 1.29 is 9.47 Å². The Morgan fingerprint density at radius 3 is 2.70 bits per heavy atom. The zero-order valence-corrected chi connectivity index (χ0v) is 11.8. The van der Waals surface area contributed by atoms with Crippen LogP contribution in [-0.2, 0) is 0 Å². The first kappa shape index (κ1) is 12.8. The predicted octanol–water partition coefficient (Wildman–Crippen LogP) is 2.54. The van der Waals surface area contributed by atoms with Gasteiger partial charge in [-0.1, -0.05) is 6.07 Å². The zero-order valence-electron chi connectivity index (χ0n) is 11.8. The molecule has 106 valence electrons. The maximum Gasteiger partial charge on any atom is 0.161 e. The lowest BCUT2D eigenvalue weighted by atomic mass is 10.1. The van der Waals surface area contributed by atoms with Gasteiger partial charge in [0.05, 0.1) is 25.5 Å². The third-order valence-corrected chi connectivity index (χ3v) is 3.65. The van der Waals surface area contributed by atoms with Crippen molar-refractivity contribution >= 4 is 5.82 Å². The van der Waals surface area contributed by atoms with Gasteiger partial charge in [-0.25, -0.2) is 4.68 Å². The number of benzene rings is 1. The molecule has 0 bridgehead atoms. The molecule has 1 aliphatic heterocycles. The van der Waals surface area contributed by atoms with Gasteiger partial charge in [-0.05, 0) is 31.5 Å². The highest BCUT2D eigenvalue weighted by atomic mass is 16.5. The van der Waals surface area contributed by atoms with Crippen LogP contribution in [-0.4, -0.2) is 23.0 Å². The van der Waals surface area contributed by atoms with Crippen molar-refractivity contribution in [3.8, 4) is 11.5 Å². The van der Waals surface area contributed by atoms with Gasteiger partial charge in [0.2, 0.25) is 0 Å². The van der Waals surface area contributed by atoms with Crippen LogP contribution < -0.4 is 15.2 Å². The normalized spacial score (nSPS) is 15.7. The van der Waals surface area contributed by atoms with Crippen molar-refractivity contribution in [2.45, 2.75) is 26.3 Å². The van der Waals surface area contributed by atoms with Crippen molar-refractivity contribution in [3.05, 3.63) is 35.5 Å². The minimum absolute atomic E-state index is 0.0563. The molecule has 1 aromatic carbocycles. The zero-order chi connectivity index (χ0) is 14.1. The Balaban J connectivity index is 1.94. The quantitative estimate of drug-likeness (QED) is 0.913. The van der Waals surface area contributed by atoms with Crippen molar-refractivity contribution in [2.24, 2.45) is 0 Å². The number of hydrogen-bond donors (Lipinski definition) is 1. The summed E-state index contributed by atoms with van der Waals surface area (Å²) in [6.45, 7) is 5.42. The molecule has 3 rings (SSSR count). The van der Waals surface area contributed by atoms with E-state index in [2.05, 4.69) is 12.0 Å². The summed E-state index contributed by atoms with van der Waals surface area (Å²) in [5.74, 6) is 2.31. The van der Waals surface area contributed by atoms with Gasteiger partial charge in [-0.3, -0.25) is 0 Å². The second-order valence-corrected chi connectivity index (χ2v) is 5.09. The first-order valence-corrected chi connectivity index (χ1v) is 6.86. The average molecular weight is 273 g/mol. The summed E-state index contributed by atoms with van der Waals surface area (Å²) in [4.78, 5) is 0. The van der Waals surface area contributed by atoms with Crippen LogP contribution >= 0.6 is 0 Å². The number of aromatic nitrogens is 2. The van der Waals surface area contributed by atoms with E-state index in [0.29, 0.717) is 19.0 Å². The van der Waals surface area contributed by atoms with Gasteiger partial charge in [0, 0.05) is 12.0 Å². The first-order valence-electron chi connectivity index (χ1n) is 6.86. The summed E-state index contributed by atoms with van der Waals surface area (Å²) in [6.07, 6.45) is 2.69. The number of aryl methyl sites for hydroxylation is 1. The average Bonchev–Trinajstić information content (AvgIpc) is 2.68. The Morgan fingerprint density at radius 1 is 1.25 bits per heavy atom. The number of anilines is 1. The molecule has 2 N–H and O–H groups in total. The lowest BCUT2D eigenvalue weighted by Crippen LogP contribution is -2.12. The van der Waals surface area contributed by atoms with Gasteiger partial charge in [0.1, 0.15) is 5.82 Å². The van der Waals surface area contributed by atoms with E-state index < -0.39 is 0 Å². The highest BCUT2D eigenvalue weighted by molar-refractivity contribution is 5.45. The number of nitrogens with two attached hydrogens (primary N) is 1. The Hall–Kier alpha value is -2.17. The number of rotatable bonds is 2. The molecule has 5 nitrogen and oxygen atoms in total. The van der Waals surface area contributed by atoms with Crippen molar-refractivity contribution in [2.75, 3.05) is 18.9 Å². The van der Waals surface area contributed by atoms with E-state index in [0.717, 1.165) is 29.0 Å². The van der Waals surface area contributed by atoms with Crippen LogP contribution in [0.4, 0.5) is 5.82 Å². The standard InChI is InChI=1S/C15H19N3O2/c1-10-9-17-18(15(10)16)11(2)12-4-5-13-14(8-12)20-7-3-6-19-13/h4-5,8-9,11H,3,6-7,16H2,1-2H3. The van der Waals surface area contributed by atoms with Crippen LogP contribution in [0, 0.1) is 6.92 Å². The highest BCUT2D eigenvalue weighted by Gasteiger charge is 2.17. The summed E-state index contributed by atoms with van der Waals surface area (Å²) in [5, 5.41) is 4.34. The highest BCUT2D eigenvalue weighted by Crippen LogP contribution is 2.33. The third kappa shape index (κ3) is 2.19. The Bertz CT molecular complexity index is 622. The summed E-state index contributed by atoms with van der Waals surface area (Å²) in [5.41, 5.74) is 8.14. The maximum absolute atomic E-state index is 6.05. The minimum atomic E-state index is 0.0563. The molecule has 5 heteroatoms. The predicted molar refractivity (Wildman–Crippen MR) is 77.2 cm³/mol. The summed E-state index contributed by atoms with van der Waals surface area (Å²) < 4.78 is 13.2. The molecule has 0 radical (unpaired) electrons. The molecule has 0 saturated heterocycles. The lowest BCUT2D eigenvalue weighted by molar-refractivity contribution is 0.297. The summed E-state index contributed by atoms with van der Waals surface area (Å²) in [7, 11) is 0. The molecule has 0 amide bonds. The molecule has 0 saturated carbocycles. The van der Waals surface area contributed by atoms with Crippen LogP contribution in [0.1, 0.15) is 30.5 Å². The molecular weight excluding hydrogens is 254 g/mol. The van der Waals surface area contributed by atoms with Gasteiger partial charge in [-0.2, -0.15) is 5.10 Å². The molecule has 1 aromatic heterocycles. The number of fused-ring (bicyclic) bond motifs is 1. The van der Waals surface area contributed by atoms with Crippen LogP contribution in [0.25, 0.3) is 0 Å². The van der Waals surface area contributed by atoms with Crippen LogP contribution in [0.2, 0.25) is 0 Å². The second kappa shape index (κ2) is 5.07. The number of hydrogen-bond acceptors (Lipinski definition) is 4. The van der Waals surface area contributed by atoms with Crippen LogP contribution in [0.15, 0.2) is 24.4 Å². The largest absolute Gasteiger partial charge is 0.490 e. The summed E-state index contributed by atoms with van der Waals surface area (Å²) >= 11 is 0. The fourth-order valence-corrected chi connectivity index (χ4v) is 2.35. The van der Waals surface area contributed by atoms with Crippen molar-refractivity contribution in [1.29, 1.82) is 0 Å². The fraction of sp³-hybridized carbons (Fsp3) is 0.400. The van der Waals surface area contributed by atoms with Crippen molar-refractivity contribution in [1.82, 2.24) is 9.78 Å². The molecule has 2 heterocycles. The smallest absolute Gasteiger partial charge is 0.161 e. The van der Waals surface area contributed by atoms with Gasteiger partial charge in [0.25, 0.3) is 0 Å². The number of nitrogen functional groups attached to an aromatic ring is 1. The Morgan fingerprint density at radius 2 is 2.00 bits per heavy atom. The van der Waals surface area contributed by atoms with E-state index in [-0.39, 0.29) is 6.04 Å². The van der Waals surface area contributed by atoms with Gasteiger partial charge >= 0.3 is 0 Å². The molecule has 20 heavy (non-hydrogen) atoms. The third-order valence-electron chi connectivity index (χ3n) is 3.65. The fourth-order valence-electron chi connectivity index (χ4n) is 2.35. The van der Waals surface area contributed by atoms with E-state index in [9.17, 15) is 0 Å². The molecule has 1 unspecified atom stereocenters. The molecule has 1 atom stereocenters. The first-order chi connectivity index (χ1) is 9.66. The van der Waals surface area contributed by atoms with E-state index in [1.54, 1.807) is 6.20 Å². The van der Waals surface area contributed by atoms with Crippen molar-refractivity contribution in [3.63, 3.8) is 0 Å². The van der Waals surface area contributed by atoms with E-state index >= 15 is 0 Å². The van der Waals surface area contributed by atoms with E-state index in [4.69, 9.17) is 15.2 Å². The van der Waals surface area contributed by atoms with Gasteiger partial charge in [0.15, 0.2) is 11.5 Å². The maximum atomic E-state index is 6.05. The number of ether oxygens (including phenoxy) is 2. The number of nitrogens with zero attached hydrogens (tertiary/aromatic N) is 2. The Kier molecular flexibility index (Phi) is 3.26. The molecule has 0 spiro atoms.